The van der Waals surface area contributed by atoms with Crippen LogP contribution in [0.3, 0.4) is 0 Å². The third-order valence-electron chi connectivity index (χ3n) is 15.8. The third kappa shape index (κ3) is 13.0. The molecule has 0 spiro atoms. The maximum absolute atomic E-state index is 5.95. The fourth-order valence-electron chi connectivity index (χ4n) is 10.5. The van der Waals surface area contributed by atoms with Crippen molar-refractivity contribution in [1.82, 2.24) is 59.7 Å². The molecule has 2 aromatic carbocycles. The summed E-state index contributed by atoms with van der Waals surface area (Å²) in [6.07, 6.45) is 16.5. The molecule has 1 fully saturated rings. The molecule has 10 aromatic heterocycles. The lowest BCUT2D eigenvalue weighted by atomic mass is 9.77. The largest absolute Gasteiger partial charge is 0.500 e. The molecule has 0 radical (unpaired) electrons. The van der Waals surface area contributed by atoms with Crippen LogP contribution in [0, 0.1) is 55.4 Å². The summed E-state index contributed by atoms with van der Waals surface area (Å²) in [6.45, 7) is 25.0. The van der Waals surface area contributed by atoms with Crippen LogP contribution >= 0.6 is 15.9 Å². The molecule has 0 N–H and O–H groups in total. The molecule has 0 aliphatic carbocycles. The minimum atomic E-state index is -0.378. The molecule has 88 heavy (non-hydrogen) atoms. The van der Waals surface area contributed by atoms with Crippen molar-refractivity contribution in [3.63, 3.8) is 0 Å². The minimum Gasteiger partial charge on any atom is -0.399 e. The molecule has 0 saturated carbocycles. The predicted octanol–water partition coefficient (Wildman–Crippen LogP) is 13.8. The molecular formula is C66H66BBrN14O6. The lowest BCUT2D eigenvalue weighted by molar-refractivity contribution is 0.00578. The number of hydrogen-bond donors (Lipinski definition) is 0. The van der Waals surface area contributed by atoms with Crippen LogP contribution in [0.15, 0.2) is 155 Å². The summed E-state index contributed by atoms with van der Waals surface area (Å²) in [5, 5.41) is 15.9. The fraction of sp³-hybridized carbons (Fsp3) is 0.273. The molecule has 13 heterocycles. The second kappa shape index (κ2) is 25.5. The van der Waals surface area contributed by atoms with Crippen LogP contribution < -0.4 is 5.46 Å². The fourth-order valence-corrected chi connectivity index (χ4v) is 10.9. The number of fused-ring (bicyclic) bond motifs is 4. The van der Waals surface area contributed by atoms with Gasteiger partial charge in [-0.3, -0.25) is 0 Å². The van der Waals surface area contributed by atoms with Crippen LogP contribution in [0.5, 0.6) is 0 Å². The van der Waals surface area contributed by atoms with Crippen molar-refractivity contribution in [2.45, 2.75) is 120 Å². The van der Waals surface area contributed by atoms with E-state index >= 15 is 0 Å². The Kier molecular flexibility index (Phi) is 17.5. The van der Waals surface area contributed by atoms with Crippen molar-refractivity contribution in [1.29, 1.82) is 0 Å². The molecule has 1 saturated heterocycles. The molecule has 0 unspecified atom stereocenters. The van der Waals surface area contributed by atoms with E-state index < -0.39 is 0 Å². The van der Waals surface area contributed by atoms with E-state index in [1.54, 1.807) is 6.20 Å². The van der Waals surface area contributed by atoms with Gasteiger partial charge in [0.2, 0.25) is 0 Å². The number of aryl methyl sites for hydroxylation is 8. The van der Waals surface area contributed by atoms with E-state index in [0.717, 1.165) is 155 Å². The Hall–Kier alpha value is -9.38. The van der Waals surface area contributed by atoms with Gasteiger partial charge in [-0.05, 0) is 134 Å². The van der Waals surface area contributed by atoms with Crippen molar-refractivity contribution in [3.8, 4) is 33.4 Å². The van der Waals surface area contributed by atoms with Gasteiger partial charge in [-0.15, -0.1) is 0 Å². The van der Waals surface area contributed by atoms with Crippen LogP contribution in [0.4, 0.5) is 11.6 Å². The molecule has 3 aliphatic heterocycles. The first-order chi connectivity index (χ1) is 42.3. The maximum atomic E-state index is 5.95. The average Bonchev–Trinajstić information content (AvgIpc) is 2.31. The lowest BCUT2D eigenvalue weighted by Gasteiger charge is -2.32. The zero-order valence-corrected chi connectivity index (χ0v) is 52.8. The summed E-state index contributed by atoms with van der Waals surface area (Å²) in [7, 11) is -0.378. The summed E-state index contributed by atoms with van der Waals surface area (Å²) >= 11 is 3.35. The SMILES string of the molecule is Brc1cnc2c(c1)CC=N2.Cc1noc(C)c1-c1cnc2c(c1)CC=N2.Cc1noc(C)c1-c1cnc2c(c1)ncn2Cc1ccccc1.Cc1noc(C)c1-c1cnc2ncn(Cc3ccccc3)c2c1.Cc1noc(C)c1B1OC(C)(C)C(C)(C)O1. The van der Waals surface area contributed by atoms with Crippen LogP contribution in [0.1, 0.15) is 95.8 Å². The van der Waals surface area contributed by atoms with E-state index in [0.29, 0.717) is 0 Å². The Bertz CT molecular complexity index is 4410. The van der Waals surface area contributed by atoms with Crippen molar-refractivity contribution >= 4 is 74.9 Å². The Morgan fingerprint density at radius 1 is 0.489 bits per heavy atom. The molecule has 0 atom stereocenters. The smallest absolute Gasteiger partial charge is 0.399 e. The Morgan fingerprint density at radius 3 is 1.49 bits per heavy atom. The first kappa shape index (κ1) is 60.3. The monoisotopic (exact) mass is 1240 g/mol. The van der Waals surface area contributed by atoms with Gasteiger partial charge < -0.3 is 36.5 Å². The van der Waals surface area contributed by atoms with Crippen molar-refractivity contribution in [2.75, 3.05) is 0 Å². The third-order valence-corrected chi connectivity index (χ3v) is 16.2. The first-order valence-electron chi connectivity index (χ1n) is 28.8. The topological polar surface area (TPSA) is 234 Å². The average molecular weight is 1240 g/mol. The van der Waals surface area contributed by atoms with E-state index in [2.05, 4.69) is 128 Å². The number of pyridine rings is 4. The van der Waals surface area contributed by atoms with Crippen molar-refractivity contribution < 1.29 is 27.4 Å². The van der Waals surface area contributed by atoms with E-state index in [1.165, 1.54) is 16.7 Å². The molecule has 0 amide bonds. The number of halogens is 1. The van der Waals surface area contributed by atoms with Gasteiger partial charge in [-0.25, -0.2) is 39.9 Å². The van der Waals surface area contributed by atoms with Crippen LogP contribution in [-0.2, 0) is 35.2 Å². The van der Waals surface area contributed by atoms with Gasteiger partial charge >= 0.3 is 7.12 Å². The number of benzene rings is 2. The zero-order chi connectivity index (χ0) is 61.9. The molecular weight excluding hydrogens is 1180 g/mol. The molecule has 446 valence electrons. The summed E-state index contributed by atoms with van der Waals surface area (Å²) in [5.74, 6) is 4.89. The normalized spacial score (nSPS) is 13.9. The molecule has 22 heteroatoms. The predicted molar refractivity (Wildman–Crippen MR) is 343 cm³/mol. The second-order valence-electron chi connectivity index (χ2n) is 22.6. The summed E-state index contributed by atoms with van der Waals surface area (Å²) in [5.41, 5.74) is 18.2. The molecule has 12 aromatic rings. The highest BCUT2D eigenvalue weighted by molar-refractivity contribution is 9.10. The molecule has 20 nitrogen and oxygen atoms in total. The number of rotatable bonds is 8. The quantitative estimate of drug-likeness (QED) is 0.129. The van der Waals surface area contributed by atoms with E-state index in [1.807, 2.05) is 169 Å². The second-order valence-corrected chi connectivity index (χ2v) is 23.6. The van der Waals surface area contributed by atoms with Crippen molar-refractivity contribution in [3.05, 3.63) is 195 Å². The summed E-state index contributed by atoms with van der Waals surface area (Å²) in [6, 6.07) is 28.9. The number of nitrogens with zero attached hydrogens (tertiary/aromatic N) is 14. The van der Waals surface area contributed by atoms with Crippen LogP contribution in [0.2, 0.25) is 0 Å². The highest BCUT2D eigenvalue weighted by Crippen LogP contribution is 2.38. The van der Waals surface area contributed by atoms with Gasteiger partial charge in [-0.2, -0.15) is 0 Å². The molecule has 3 aliphatic rings. The standard InChI is InChI=1S/2C18H16N4O.C12H11N3O.C11H18BNO3.C7H5BrN2/c1-12-17(13(2)23-21-12)15-8-16-18(19-9-15)20-11-22(16)10-14-6-4-3-5-7-14;1-12-17(13(2)23-21-12)15-8-16-18(19-9-15)22(11-20-16)10-14-6-4-3-5-7-14;1-7-11(8(2)16-15-7)10-5-9-3-4-13-12(9)14-6-10;1-7-9(8(2)14-13-7)12-15-10(3,4)11(5,6)16-12;8-6-3-5-1-2-9-7(5)10-4-6/h2*3-9,11H,10H2,1-2H3;4-6H,3H2,1-2H3;1-6H3;2-4H,1H2. The maximum Gasteiger partial charge on any atom is 0.500 e. The van der Waals surface area contributed by atoms with Crippen molar-refractivity contribution in [2.24, 2.45) is 9.98 Å². The Morgan fingerprint density at radius 2 is 0.955 bits per heavy atom. The minimum absolute atomic E-state index is 0.326. The van der Waals surface area contributed by atoms with E-state index in [9.17, 15) is 0 Å². The first-order valence-corrected chi connectivity index (χ1v) is 29.6. The number of aromatic nitrogens is 12. The Balaban J connectivity index is 0.000000117. The van der Waals surface area contributed by atoms with E-state index in [4.69, 9.17) is 27.4 Å². The molecule has 15 rings (SSSR count). The van der Waals surface area contributed by atoms with Crippen LogP contribution in [0.25, 0.3) is 55.7 Å². The van der Waals surface area contributed by atoms with Crippen LogP contribution in [-0.4, -0.2) is 90.4 Å². The van der Waals surface area contributed by atoms with Gasteiger partial charge in [0.25, 0.3) is 0 Å². The Labute approximate surface area is 517 Å². The van der Waals surface area contributed by atoms with Gasteiger partial charge in [0.1, 0.15) is 28.6 Å². The summed E-state index contributed by atoms with van der Waals surface area (Å²) in [4.78, 5) is 34.7. The van der Waals surface area contributed by atoms with Gasteiger partial charge in [0.05, 0.1) is 58.7 Å². The summed E-state index contributed by atoms with van der Waals surface area (Å²) < 4.78 is 37.9. The zero-order valence-electron chi connectivity index (χ0n) is 51.2. The number of hydrogen-bond acceptors (Lipinski definition) is 18. The van der Waals surface area contributed by atoms with Gasteiger partial charge in [-0.1, -0.05) is 81.3 Å². The number of aliphatic imine (C=N–C) groups is 2. The van der Waals surface area contributed by atoms with Gasteiger partial charge in [0.15, 0.2) is 22.9 Å². The highest BCUT2D eigenvalue weighted by atomic mass is 79.9. The number of imidazole rings is 2. The lowest BCUT2D eigenvalue weighted by Crippen LogP contribution is -2.41. The highest BCUT2D eigenvalue weighted by Gasteiger charge is 2.53. The van der Waals surface area contributed by atoms with E-state index in [-0.39, 0.29) is 18.3 Å². The molecule has 0 bridgehead atoms. The van der Waals surface area contributed by atoms with Gasteiger partial charge in [0, 0.05) is 111 Å².